The minimum Gasteiger partial charge on any atom is -0.292 e. The summed E-state index contributed by atoms with van der Waals surface area (Å²) in [5.74, 6) is -0.435. The first-order valence-corrected chi connectivity index (χ1v) is 9.77. The highest BCUT2D eigenvalue weighted by Crippen LogP contribution is 2.36. The molecule has 0 radical (unpaired) electrons. The number of carbonyl (C=O) groups is 1. The summed E-state index contributed by atoms with van der Waals surface area (Å²) < 4.78 is 43.1. The second-order valence-electron chi connectivity index (χ2n) is 7.55. The van der Waals surface area contributed by atoms with Gasteiger partial charge in [0.15, 0.2) is 5.65 Å². The summed E-state index contributed by atoms with van der Waals surface area (Å²) in [6.07, 6.45) is -3.06. The third-order valence-corrected chi connectivity index (χ3v) is 4.82. The first-order chi connectivity index (χ1) is 15.1. The van der Waals surface area contributed by atoms with Gasteiger partial charge < -0.3 is 0 Å². The van der Waals surface area contributed by atoms with Gasteiger partial charge in [-0.15, -0.1) is 5.10 Å². The molecule has 0 spiro atoms. The Morgan fingerprint density at radius 3 is 2.62 bits per heavy atom. The molecule has 4 aromatic rings. The number of nitrogens with zero attached hydrogens (tertiary/aromatic N) is 6. The average Bonchev–Trinajstić information content (AvgIpc) is 3.24. The Bertz CT molecular complexity index is 1310. The lowest BCUT2D eigenvalue weighted by Crippen LogP contribution is -2.21. The van der Waals surface area contributed by atoms with E-state index in [1.165, 1.54) is 20.2 Å². The van der Waals surface area contributed by atoms with Crippen molar-refractivity contribution in [3.63, 3.8) is 0 Å². The van der Waals surface area contributed by atoms with Gasteiger partial charge in [0.05, 0.1) is 23.2 Å². The maximum atomic E-state index is 13.5. The number of halogens is 3. The van der Waals surface area contributed by atoms with Crippen LogP contribution in [-0.4, -0.2) is 35.4 Å². The molecule has 0 atom stereocenters. The number of pyridine rings is 1. The van der Waals surface area contributed by atoms with E-state index in [2.05, 4.69) is 25.5 Å². The highest BCUT2D eigenvalue weighted by molar-refractivity contribution is 5.90. The first kappa shape index (κ1) is 21.5. The second kappa shape index (κ2) is 8.06. The van der Waals surface area contributed by atoms with Gasteiger partial charge in [-0.05, 0) is 32.4 Å². The van der Waals surface area contributed by atoms with Crippen LogP contribution in [0.25, 0.3) is 11.0 Å². The molecule has 0 aliphatic heterocycles. The van der Waals surface area contributed by atoms with Crippen molar-refractivity contribution in [1.29, 1.82) is 0 Å². The number of hydrogen-bond acceptors (Lipinski definition) is 5. The summed E-state index contributed by atoms with van der Waals surface area (Å²) in [6, 6.07) is 8.90. The minimum atomic E-state index is -4.55. The molecule has 32 heavy (non-hydrogen) atoms. The Labute approximate surface area is 181 Å². The van der Waals surface area contributed by atoms with Gasteiger partial charge >= 0.3 is 6.18 Å². The van der Waals surface area contributed by atoms with Crippen molar-refractivity contribution >= 4 is 22.9 Å². The maximum Gasteiger partial charge on any atom is 0.417 e. The van der Waals surface area contributed by atoms with Crippen molar-refractivity contribution in [3.8, 4) is 0 Å². The number of benzene rings is 1. The fourth-order valence-electron chi connectivity index (χ4n) is 3.54. The molecule has 4 rings (SSSR count). The number of rotatable bonds is 5. The molecule has 1 amide bonds. The number of alkyl halides is 3. The van der Waals surface area contributed by atoms with Crippen molar-refractivity contribution in [1.82, 2.24) is 29.5 Å². The lowest BCUT2D eigenvalue weighted by atomic mass is 10.1. The SMILES string of the molecule is Cc1cccc(Cn2cnc(NC(=O)Cn3nc(C)c4c(C(F)(F)F)cc(C)nc43)n2)c1. The number of aryl methyl sites for hydroxylation is 3. The summed E-state index contributed by atoms with van der Waals surface area (Å²) >= 11 is 0. The van der Waals surface area contributed by atoms with Gasteiger partial charge in [0.25, 0.3) is 0 Å². The summed E-state index contributed by atoms with van der Waals surface area (Å²) in [5.41, 5.74) is 1.67. The quantitative estimate of drug-likeness (QED) is 0.509. The van der Waals surface area contributed by atoms with E-state index in [4.69, 9.17) is 0 Å². The van der Waals surface area contributed by atoms with Crippen molar-refractivity contribution in [2.24, 2.45) is 0 Å². The predicted molar refractivity (Wildman–Crippen MR) is 111 cm³/mol. The predicted octanol–water partition coefficient (Wildman–Crippen LogP) is 3.65. The van der Waals surface area contributed by atoms with E-state index < -0.39 is 17.6 Å². The van der Waals surface area contributed by atoms with Gasteiger partial charge in [0.2, 0.25) is 11.9 Å². The normalized spacial score (nSPS) is 11.8. The number of aromatic nitrogens is 6. The van der Waals surface area contributed by atoms with Crippen LogP contribution in [0, 0.1) is 20.8 Å². The van der Waals surface area contributed by atoms with Crippen molar-refractivity contribution in [2.45, 2.75) is 40.0 Å². The smallest absolute Gasteiger partial charge is 0.292 e. The monoisotopic (exact) mass is 443 g/mol. The van der Waals surface area contributed by atoms with Crippen LogP contribution >= 0.6 is 0 Å². The van der Waals surface area contributed by atoms with Gasteiger partial charge in [-0.2, -0.15) is 18.3 Å². The largest absolute Gasteiger partial charge is 0.417 e. The zero-order valence-corrected chi connectivity index (χ0v) is 17.6. The Morgan fingerprint density at radius 1 is 1.12 bits per heavy atom. The summed E-state index contributed by atoms with van der Waals surface area (Å²) in [7, 11) is 0. The van der Waals surface area contributed by atoms with Crippen LogP contribution in [-0.2, 0) is 24.1 Å². The molecule has 0 unspecified atom stereocenters. The third kappa shape index (κ3) is 4.46. The Kier molecular flexibility index (Phi) is 5.41. The van der Waals surface area contributed by atoms with E-state index in [9.17, 15) is 18.0 Å². The molecule has 0 fully saturated rings. The number of nitrogens with one attached hydrogen (secondary N) is 1. The van der Waals surface area contributed by atoms with Crippen LogP contribution in [0.4, 0.5) is 19.1 Å². The number of hydrogen-bond donors (Lipinski definition) is 1. The average molecular weight is 443 g/mol. The van der Waals surface area contributed by atoms with Gasteiger partial charge in [-0.3, -0.25) is 10.1 Å². The van der Waals surface area contributed by atoms with Gasteiger partial charge in [0.1, 0.15) is 12.9 Å². The van der Waals surface area contributed by atoms with Crippen LogP contribution in [0.3, 0.4) is 0 Å². The fraction of sp³-hybridized carbons (Fsp3) is 0.286. The van der Waals surface area contributed by atoms with E-state index in [-0.39, 0.29) is 34.9 Å². The van der Waals surface area contributed by atoms with E-state index in [0.717, 1.165) is 21.9 Å². The molecule has 0 aliphatic carbocycles. The fourth-order valence-corrected chi connectivity index (χ4v) is 3.54. The van der Waals surface area contributed by atoms with E-state index in [1.54, 1.807) is 4.68 Å². The van der Waals surface area contributed by atoms with E-state index in [0.29, 0.717) is 6.54 Å². The van der Waals surface area contributed by atoms with Crippen LogP contribution in [0.2, 0.25) is 0 Å². The number of fused-ring (bicyclic) bond motifs is 1. The molecule has 1 N–H and O–H groups in total. The molecule has 11 heteroatoms. The Hall–Kier alpha value is -3.76. The molecule has 0 bridgehead atoms. The van der Waals surface area contributed by atoms with E-state index in [1.807, 2.05) is 31.2 Å². The van der Waals surface area contributed by atoms with Crippen molar-refractivity contribution in [2.75, 3.05) is 5.32 Å². The number of carbonyl (C=O) groups excluding carboxylic acids is 1. The molecular weight excluding hydrogens is 423 g/mol. The van der Waals surface area contributed by atoms with Crippen LogP contribution in [0.5, 0.6) is 0 Å². The van der Waals surface area contributed by atoms with Crippen molar-refractivity contribution in [3.05, 3.63) is 64.7 Å². The number of anilines is 1. The number of amides is 1. The highest BCUT2D eigenvalue weighted by atomic mass is 19.4. The van der Waals surface area contributed by atoms with Crippen molar-refractivity contribution < 1.29 is 18.0 Å². The first-order valence-electron chi connectivity index (χ1n) is 9.77. The van der Waals surface area contributed by atoms with E-state index >= 15 is 0 Å². The lowest BCUT2D eigenvalue weighted by molar-refractivity contribution is -0.136. The molecule has 0 saturated heterocycles. The van der Waals surface area contributed by atoms with Gasteiger partial charge in [-0.1, -0.05) is 29.8 Å². The van der Waals surface area contributed by atoms with Gasteiger partial charge in [0, 0.05) is 5.69 Å². The summed E-state index contributed by atoms with van der Waals surface area (Å²) in [6.45, 7) is 5.07. The lowest BCUT2D eigenvalue weighted by Gasteiger charge is -2.10. The third-order valence-electron chi connectivity index (χ3n) is 4.82. The second-order valence-corrected chi connectivity index (χ2v) is 7.55. The standard InChI is InChI=1S/C21H20F3N7O/c1-12-5-4-6-15(7-12)9-30-11-25-20(29-30)27-17(32)10-31-19-18(14(3)28-31)16(21(22,23)24)8-13(2)26-19/h4-8,11H,9-10H2,1-3H3,(H,27,29,32). The zero-order chi connectivity index (χ0) is 23.0. The molecule has 8 nitrogen and oxygen atoms in total. The molecule has 0 saturated carbocycles. The Morgan fingerprint density at radius 2 is 1.91 bits per heavy atom. The van der Waals surface area contributed by atoms with Gasteiger partial charge in [-0.25, -0.2) is 19.3 Å². The molecule has 0 aliphatic rings. The highest BCUT2D eigenvalue weighted by Gasteiger charge is 2.35. The maximum absolute atomic E-state index is 13.5. The topological polar surface area (TPSA) is 90.5 Å². The van der Waals surface area contributed by atoms with Crippen LogP contribution in [0.1, 0.15) is 28.1 Å². The van der Waals surface area contributed by atoms with Crippen LogP contribution in [0.15, 0.2) is 36.7 Å². The Balaban J connectivity index is 1.52. The minimum absolute atomic E-state index is 0.00270. The van der Waals surface area contributed by atoms with Crippen LogP contribution < -0.4 is 5.32 Å². The summed E-state index contributed by atoms with van der Waals surface area (Å²) in [5, 5.41) is 10.8. The molecular formula is C21H20F3N7O. The molecule has 1 aromatic carbocycles. The summed E-state index contributed by atoms with van der Waals surface area (Å²) in [4.78, 5) is 20.7. The zero-order valence-electron chi connectivity index (χ0n) is 17.6. The molecule has 3 aromatic heterocycles. The molecule has 166 valence electrons. The molecule has 3 heterocycles.